The van der Waals surface area contributed by atoms with E-state index in [9.17, 15) is 9.65 Å². The van der Waals surface area contributed by atoms with Crippen molar-refractivity contribution < 1.29 is 4.39 Å². The fourth-order valence-corrected chi connectivity index (χ4v) is 2.86. The molecule has 0 unspecified atom stereocenters. The van der Waals surface area contributed by atoms with Crippen molar-refractivity contribution >= 4 is 5.82 Å². The Kier molecular flexibility index (Phi) is 4.06. The van der Waals surface area contributed by atoms with Gasteiger partial charge in [0.1, 0.15) is 17.7 Å². The lowest BCUT2D eigenvalue weighted by molar-refractivity contribution is 0.617. The average Bonchev–Trinajstić information content (AvgIpc) is 2.55. The highest BCUT2D eigenvalue weighted by Gasteiger charge is 2.15. The first-order valence-corrected chi connectivity index (χ1v) is 7.59. The van der Waals surface area contributed by atoms with E-state index in [1.165, 1.54) is 18.1 Å². The normalized spacial score (nSPS) is 13.3. The quantitative estimate of drug-likeness (QED) is 0.934. The van der Waals surface area contributed by atoms with E-state index in [-0.39, 0.29) is 5.82 Å². The summed E-state index contributed by atoms with van der Waals surface area (Å²) in [7, 11) is 0. The predicted molar refractivity (Wildman–Crippen MR) is 84.1 cm³/mol. The van der Waals surface area contributed by atoms with Crippen molar-refractivity contribution in [2.24, 2.45) is 0 Å². The second kappa shape index (κ2) is 6.15. The van der Waals surface area contributed by atoms with Gasteiger partial charge in [0, 0.05) is 12.2 Å². The molecule has 2 aromatic rings. The second-order valence-electron chi connectivity index (χ2n) is 5.75. The molecule has 0 radical (unpaired) electrons. The minimum atomic E-state index is -0.201. The molecule has 4 heteroatoms. The van der Waals surface area contributed by atoms with Gasteiger partial charge in [0.2, 0.25) is 0 Å². The zero-order chi connectivity index (χ0) is 15.5. The standard InChI is InChI=1S/C18H18FN3/c1-12-8-13(6-7-16(12)19)11-21-18-15(10-20)9-14-4-2-3-5-17(14)22-18/h6-9H,2-5,11H2,1H3,(H,21,22). The Morgan fingerprint density at radius 1 is 1.27 bits per heavy atom. The summed E-state index contributed by atoms with van der Waals surface area (Å²) in [4.78, 5) is 4.63. The number of aromatic nitrogens is 1. The number of hydrogen-bond acceptors (Lipinski definition) is 3. The van der Waals surface area contributed by atoms with Crippen LogP contribution in [0.1, 0.15) is 40.8 Å². The van der Waals surface area contributed by atoms with Gasteiger partial charge in [0.15, 0.2) is 0 Å². The van der Waals surface area contributed by atoms with Crippen LogP contribution in [0.2, 0.25) is 0 Å². The molecule has 1 aliphatic rings. The lowest BCUT2D eigenvalue weighted by Gasteiger charge is -2.17. The van der Waals surface area contributed by atoms with Crippen LogP contribution in [0, 0.1) is 24.1 Å². The summed E-state index contributed by atoms with van der Waals surface area (Å²) in [6, 6.07) is 9.21. The van der Waals surface area contributed by atoms with Crippen LogP contribution in [0.5, 0.6) is 0 Å². The Morgan fingerprint density at radius 2 is 2.09 bits per heavy atom. The molecule has 1 N–H and O–H groups in total. The van der Waals surface area contributed by atoms with Gasteiger partial charge in [0.25, 0.3) is 0 Å². The Labute approximate surface area is 129 Å². The molecule has 0 atom stereocenters. The van der Waals surface area contributed by atoms with Gasteiger partial charge in [0.05, 0.1) is 5.56 Å². The van der Waals surface area contributed by atoms with Crippen molar-refractivity contribution in [1.29, 1.82) is 5.26 Å². The molecule has 3 nitrogen and oxygen atoms in total. The summed E-state index contributed by atoms with van der Waals surface area (Å²) < 4.78 is 13.3. The van der Waals surface area contributed by atoms with Gasteiger partial charge < -0.3 is 5.32 Å². The van der Waals surface area contributed by atoms with Crippen molar-refractivity contribution in [3.63, 3.8) is 0 Å². The first-order valence-electron chi connectivity index (χ1n) is 7.59. The number of halogens is 1. The SMILES string of the molecule is Cc1cc(CNc2nc3c(cc2C#N)CCCC3)ccc1F. The van der Waals surface area contributed by atoms with Crippen molar-refractivity contribution in [3.8, 4) is 6.07 Å². The molecule has 0 saturated carbocycles. The predicted octanol–water partition coefficient (Wildman–Crippen LogP) is 3.89. The highest BCUT2D eigenvalue weighted by atomic mass is 19.1. The van der Waals surface area contributed by atoms with Gasteiger partial charge in [-0.2, -0.15) is 5.26 Å². The summed E-state index contributed by atoms with van der Waals surface area (Å²) in [6.07, 6.45) is 4.31. The summed E-state index contributed by atoms with van der Waals surface area (Å²) in [5.41, 5.74) is 4.48. The van der Waals surface area contributed by atoms with E-state index in [0.717, 1.165) is 30.5 Å². The number of nitriles is 1. The van der Waals surface area contributed by atoms with Crippen LogP contribution >= 0.6 is 0 Å². The van der Waals surface area contributed by atoms with Crippen LogP contribution in [0.3, 0.4) is 0 Å². The molecule has 3 rings (SSSR count). The van der Waals surface area contributed by atoms with Gasteiger partial charge in [-0.15, -0.1) is 0 Å². The van der Waals surface area contributed by atoms with Crippen molar-refractivity contribution in [2.75, 3.05) is 5.32 Å². The van der Waals surface area contributed by atoms with E-state index in [4.69, 9.17) is 0 Å². The number of fused-ring (bicyclic) bond motifs is 1. The molecule has 112 valence electrons. The van der Waals surface area contributed by atoms with Gasteiger partial charge in [-0.3, -0.25) is 0 Å². The number of hydrogen-bond donors (Lipinski definition) is 1. The minimum absolute atomic E-state index is 0.201. The molecule has 1 aromatic carbocycles. The fourth-order valence-electron chi connectivity index (χ4n) is 2.86. The third-order valence-electron chi connectivity index (χ3n) is 4.10. The van der Waals surface area contributed by atoms with Crippen LogP contribution in [0.4, 0.5) is 10.2 Å². The maximum absolute atomic E-state index is 13.3. The maximum Gasteiger partial charge on any atom is 0.144 e. The molecule has 0 amide bonds. The first-order chi connectivity index (χ1) is 10.7. The molecule has 1 heterocycles. The smallest absolute Gasteiger partial charge is 0.144 e. The fraction of sp³-hybridized carbons (Fsp3) is 0.333. The van der Waals surface area contributed by atoms with E-state index in [1.54, 1.807) is 13.0 Å². The van der Waals surface area contributed by atoms with Crippen molar-refractivity contribution in [1.82, 2.24) is 4.98 Å². The third-order valence-corrected chi connectivity index (χ3v) is 4.10. The number of rotatable bonds is 3. The van der Waals surface area contributed by atoms with Crippen molar-refractivity contribution in [2.45, 2.75) is 39.2 Å². The van der Waals surface area contributed by atoms with Crippen LogP contribution < -0.4 is 5.32 Å². The van der Waals surface area contributed by atoms with Crippen LogP contribution in [0.25, 0.3) is 0 Å². The summed E-state index contributed by atoms with van der Waals surface area (Å²) in [6.45, 7) is 2.28. The average molecular weight is 295 g/mol. The molecule has 1 aliphatic carbocycles. The van der Waals surface area contributed by atoms with Crippen LogP contribution in [-0.4, -0.2) is 4.98 Å². The highest BCUT2D eigenvalue weighted by Crippen LogP contribution is 2.24. The Bertz CT molecular complexity index is 747. The molecule has 0 spiro atoms. The Morgan fingerprint density at radius 3 is 2.86 bits per heavy atom. The number of benzene rings is 1. The Balaban J connectivity index is 1.82. The summed E-state index contributed by atoms with van der Waals surface area (Å²) in [5.74, 6) is 0.429. The van der Waals surface area contributed by atoms with E-state index >= 15 is 0 Å². The number of nitrogens with zero attached hydrogens (tertiary/aromatic N) is 2. The largest absolute Gasteiger partial charge is 0.365 e. The monoisotopic (exact) mass is 295 g/mol. The molecular weight excluding hydrogens is 277 g/mol. The number of aryl methyl sites for hydroxylation is 3. The maximum atomic E-state index is 13.3. The second-order valence-corrected chi connectivity index (χ2v) is 5.75. The zero-order valence-electron chi connectivity index (χ0n) is 12.6. The van der Waals surface area contributed by atoms with Gasteiger partial charge in [-0.05, 0) is 61.4 Å². The van der Waals surface area contributed by atoms with Crippen LogP contribution in [-0.2, 0) is 19.4 Å². The molecule has 0 bridgehead atoms. The summed E-state index contributed by atoms with van der Waals surface area (Å²) in [5, 5.41) is 12.5. The Hall–Kier alpha value is -2.41. The lowest BCUT2D eigenvalue weighted by atomic mass is 9.95. The summed E-state index contributed by atoms with van der Waals surface area (Å²) >= 11 is 0. The number of anilines is 1. The lowest BCUT2D eigenvalue weighted by Crippen LogP contribution is -2.11. The van der Waals surface area contributed by atoms with Gasteiger partial charge in [-0.1, -0.05) is 12.1 Å². The third kappa shape index (κ3) is 2.94. The van der Waals surface area contributed by atoms with E-state index in [0.29, 0.717) is 23.5 Å². The van der Waals surface area contributed by atoms with E-state index < -0.39 is 0 Å². The molecule has 0 saturated heterocycles. The first kappa shape index (κ1) is 14.5. The van der Waals surface area contributed by atoms with E-state index in [2.05, 4.69) is 16.4 Å². The molecule has 1 aromatic heterocycles. The highest BCUT2D eigenvalue weighted by molar-refractivity contribution is 5.55. The van der Waals surface area contributed by atoms with Gasteiger partial charge in [-0.25, -0.2) is 9.37 Å². The van der Waals surface area contributed by atoms with Crippen molar-refractivity contribution in [3.05, 3.63) is 58.0 Å². The number of nitrogens with one attached hydrogen (secondary N) is 1. The molecule has 22 heavy (non-hydrogen) atoms. The van der Waals surface area contributed by atoms with Crippen LogP contribution in [0.15, 0.2) is 24.3 Å². The molecular formula is C18H18FN3. The molecule has 0 aliphatic heterocycles. The van der Waals surface area contributed by atoms with Gasteiger partial charge >= 0.3 is 0 Å². The minimum Gasteiger partial charge on any atom is -0.365 e. The molecule has 0 fully saturated rings. The topological polar surface area (TPSA) is 48.7 Å². The zero-order valence-corrected chi connectivity index (χ0v) is 12.6. The number of pyridine rings is 1. The van der Waals surface area contributed by atoms with E-state index in [1.807, 2.05) is 12.1 Å².